The van der Waals surface area contributed by atoms with Crippen LogP contribution in [-0.4, -0.2) is 25.4 Å². The maximum atomic E-state index is 5.71. The van der Waals surface area contributed by atoms with Crippen molar-refractivity contribution in [2.45, 2.75) is 65.3 Å². The van der Waals surface area contributed by atoms with E-state index in [1.54, 1.807) is 0 Å². The van der Waals surface area contributed by atoms with Gasteiger partial charge in [0.1, 0.15) is 0 Å². The third-order valence-corrected chi connectivity index (χ3v) is 4.35. The quantitative estimate of drug-likeness (QED) is 0.817. The van der Waals surface area contributed by atoms with Gasteiger partial charge in [0.25, 0.3) is 0 Å². The summed E-state index contributed by atoms with van der Waals surface area (Å²) in [6, 6.07) is 0. The molecule has 0 radical (unpaired) electrons. The van der Waals surface area contributed by atoms with Crippen LogP contribution in [0.3, 0.4) is 0 Å². The second kappa shape index (κ2) is 8.13. The first-order valence-electron chi connectivity index (χ1n) is 7.80. The maximum absolute atomic E-state index is 5.71. The lowest BCUT2D eigenvalue weighted by Gasteiger charge is -2.43. The molecule has 0 spiro atoms. The Hall–Kier alpha value is -0.120. The first kappa shape index (κ1) is 15.9. The molecule has 2 rings (SSSR count). The van der Waals surface area contributed by atoms with E-state index < -0.39 is 0 Å². The minimum atomic E-state index is 0.113. The van der Waals surface area contributed by atoms with E-state index in [1.807, 2.05) is 13.8 Å². The second-order valence-corrected chi connectivity index (χ2v) is 5.24. The molecule has 0 aliphatic carbocycles. The van der Waals surface area contributed by atoms with Gasteiger partial charge in [-0.3, -0.25) is 0 Å². The van der Waals surface area contributed by atoms with Gasteiger partial charge in [-0.2, -0.15) is 5.48 Å². The van der Waals surface area contributed by atoms with E-state index in [9.17, 15) is 0 Å². The predicted molar refractivity (Wildman–Crippen MR) is 75.4 cm³/mol. The second-order valence-electron chi connectivity index (χ2n) is 5.24. The van der Waals surface area contributed by atoms with Crippen LogP contribution in [0.15, 0.2) is 0 Å². The van der Waals surface area contributed by atoms with Gasteiger partial charge in [0, 0.05) is 12.5 Å². The van der Waals surface area contributed by atoms with Gasteiger partial charge in [-0.05, 0) is 18.8 Å². The normalized spacial score (nSPS) is 32.3. The van der Waals surface area contributed by atoms with E-state index in [2.05, 4.69) is 19.3 Å². The van der Waals surface area contributed by atoms with E-state index in [1.165, 1.54) is 25.7 Å². The van der Waals surface area contributed by atoms with Crippen LogP contribution in [0.2, 0.25) is 0 Å². The highest BCUT2D eigenvalue weighted by molar-refractivity contribution is 5.01. The Labute approximate surface area is 113 Å². The average molecular weight is 257 g/mol. The fourth-order valence-corrected chi connectivity index (χ4v) is 3.27. The summed E-state index contributed by atoms with van der Waals surface area (Å²) in [5, 5.41) is 0. The predicted octanol–water partition coefficient (Wildman–Crippen LogP) is 3.54. The van der Waals surface area contributed by atoms with Gasteiger partial charge >= 0.3 is 0 Å². The van der Waals surface area contributed by atoms with Crippen molar-refractivity contribution in [3.8, 4) is 0 Å². The Balaban J connectivity index is 0.000000771. The highest BCUT2D eigenvalue weighted by Gasteiger charge is 2.50. The van der Waals surface area contributed by atoms with Gasteiger partial charge in [-0.15, -0.1) is 0 Å². The van der Waals surface area contributed by atoms with Crippen LogP contribution in [0.5, 0.6) is 0 Å². The lowest BCUT2D eigenvalue weighted by Crippen LogP contribution is -2.57. The highest BCUT2D eigenvalue weighted by Crippen LogP contribution is 2.40. The summed E-state index contributed by atoms with van der Waals surface area (Å²) in [6.45, 7) is 11.2. The van der Waals surface area contributed by atoms with Crippen LogP contribution in [0.4, 0.5) is 0 Å². The van der Waals surface area contributed by atoms with Crippen LogP contribution in [-0.2, 0) is 9.57 Å². The highest BCUT2D eigenvalue weighted by atomic mass is 16.7. The lowest BCUT2D eigenvalue weighted by molar-refractivity contribution is -0.0512. The zero-order chi connectivity index (χ0) is 13.4. The summed E-state index contributed by atoms with van der Waals surface area (Å²) in [5.74, 6) is 1.35. The van der Waals surface area contributed by atoms with Gasteiger partial charge in [0.2, 0.25) is 0 Å². The van der Waals surface area contributed by atoms with Crippen LogP contribution >= 0.6 is 0 Å². The SMILES string of the molecule is CC.CCCCC(CC)[C@]12COCC[C@H]1CON2. The number of rotatable bonds is 5. The van der Waals surface area contributed by atoms with Crippen LogP contribution in [0, 0.1) is 11.8 Å². The summed E-state index contributed by atoms with van der Waals surface area (Å²) < 4.78 is 5.71. The van der Waals surface area contributed by atoms with Gasteiger partial charge < -0.3 is 9.57 Å². The fraction of sp³-hybridized carbons (Fsp3) is 1.00. The van der Waals surface area contributed by atoms with Gasteiger partial charge in [-0.1, -0.05) is 47.0 Å². The smallest absolute Gasteiger partial charge is 0.0744 e. The topological polar surface area (TPSA) is 30.5 Å². The number of nitrogens with one attached hydrogen (secondary N) is 1. The summed E-state index contributed by atoms with van der Waals surface area (Å²) >= 11 is 0. The average Bonchev–Trinajstić information content (AvgIpc) is 2.86. The maximum Gasteiger partial charge on any atom is 0.0744 e. The molecule has 0 aromatic carbocycles. The molecule has 0 aromatic rings. The molecule has 2 fully saturated rings. The third kappa shape index (κ3) is 3.25. The van der Waals surface area contributed by atoms with Crippen LogP contribution in [0.1, 0.15) is 59.8 Å². The molecule has 0 aromatic heterocycles. The van der Waals surface area contributed by atoms with Crippen molar-refractivity contribution in [2.75, 3.05) is 19.8 Å². The summed E-state index contributed by atoms with van der Waals surface area (Å²) in [5.41, 5.74) is 3.42. The summed E-state index contributed by atoms with van der Waals surface area (Å²) in [4.78, 5) is 5.53. The van der Waals surface area contributed by atoms with E-state index in [4.69, 9.17) is 9.57 Å². The third-order valence-electron chi connectivity index (χ3n) is 4.35. The monoisotopic (exact) mass is 257 g/mol. The van der Waals surface area contributed by atoms with Crippen molar-refractivity contribution in [1.82, 2.24) is 5.48 Å². The lowest BCUT2D eigenvalue weighted by atomic mass is 9.70. The fourth-order valence-electron chi connectivity index (χ4n) is 3.27. The number of hydrogen-bond acceptors (Lipinski definition) is 3. The first-order valence-corrected chi connectivity index (χ1v) is 7.80. The zero-order valence-electron chi connectivity index (χ0n) is 12.6. The standard InChI is InChI=1S/C13H25NO2.C2H6/c1-3-5-6-11(4-2)13-10-15-8-7-12(13)9-16-14-13;1-2/h11-12,14H,3-10H2,1-2H3;1-2H3/t11?,12-,13+;/m0./s1. The molecular weight excluding hydrogens is 226 g/mol. The Kier molecular flexibility index (Phi) is 7.20. The molecule has 0 saturated carbocycles. The molecule has 2 saturated heterocycles. The van der Waals surface area contributed by atoms with Crippen molar-refractivity contribution in [1.29, 1.82) is 0 Å². The van der Waals surface area contributed by atoms with Crippen molar-refractivity contribution >= 4 is 0 Å². The van der Waals surface area contributed by atoms with Gasteiger partial charge in [0.05, 0.1) is 18.8 Å². The molecule has 2 aliphatic heterocycles. The molecule has 3 atom stereocenters. The van der Waals surface area contributed by atoms with E-state index in [-0.39, 0.29) is 5.54 Å². The largest absolute Gasteiger partial charge is 0.379 e. The van der Waals surface area contributed by atoms with Crippen molar-refractivity contribution < 1.29 is 9.57 Å². The molecule has 18 heavy (non-hydrogen) atoms. The molecule has 3 heteroatoms. The number of hydroxylamine groups is 1. The Bertz CT molecular complexity index is 223. The Morgan fingerprint density at radius 2 is 2.11 bits per heavy atom. The van der Waals surface area contributed by atoms with Crippen molar-refractivity contribution in [3.63, 3.8) is 0 Å². The minimum absolute atomic E-state index is 0.113. The first-order chi connectivity index (χ1) is 8.83. The van der Waals surface area contributed by atoms with Gasteiger partial charge in [0.15, 0.2) is 0 Å². The number of hydrogen-bond donors (Lipinski definition) is 1. The van der Waals surface area contributed by atoms with Gasteiger partial charge in [-0.25, -0.2) is 0 Å². The van der Waals surface area contributed by atoms with Crippen LogP contribution < -0.4 is 5.48 Å². The van der Waals surface area contributed by atoms with E-state index in [0.717, 1.165) is 26.2 Å². The molecule has 0 bridgehead atoms. The molecule has 1 N–H and O–H groups in total. The van der Waals surface area contributed by atoms with Crippen LogP contribution in [0.25, 0.3) is 0 Å². The molecule has 108 valence electrons. The van der Waals surface area contributed by atoms with E-state index >= 15 is 0 Å². The minimum Gasteiger partial charge on any atom is -0.379 e. The summed E-state index contributed by atoms with van der Waals surface area (Å²) in [7, 11) is 0. The van der Waals surface area contributed by atoms with Crippen molar-refractivity contribution in [3.05, 3.63) is 0 Å². The molecular formula is C15H31NO2. The number of unbranched alkanes of at least 4 members (excludes halogenated alkanes) is 1. The molecule has 2 heterocycles. The molecule has 3 nitrogen and oxygen atoms in total. The van der Waals surface area contributed by atoms with Crippen molar-refractivity contribution in [2.24, 2.45) is 11.8 Å². The molecule has 1 unspecified atom stereocenters. The summed E-state index contributed by atoms with van der Waals surface area (Å²) in [6.07, 6.45) is 6.25. The Morgan fingerprint density at radius 1 is 1.33 bits per heavy atom. The molecule has 2 aliphatic rings. The van der Waals surface area contributed by atoms with E-state index in [0.29, 0.717) is 11.8 Å². The zero-order valence-corrected chi connectivity index (χ0v) is 12.6. The molecule has 0 amide bonds. The Morgan fingerprint density at radius 3 is 2.78 bits per heavy atom. The number of ether oxygens (including phenoxy) is 1. The number of fused-ring (bicyclic) bond motifs is 1.